The van der Waals surface area contributed by atoms with Crippen molar-refractivity contribution < 1.29 is 19.1 Å². The Morgan fingerprint density at radius 2 is 1.90 bits per heavy atom. The minimum atomic E-state index is -1.15. The Balaban J connectivity index is 1.62. The van der Waals surface area contributed by atoms with Crippen LogP contribution in [0.5, 0.6) is 5.75 Å². The molecule has 7 nitrogen and oxygen atoms in total. The topological polar surface area (TPSA) is 79.0 Å². The summed E-state index contributed by atoms with van der Waals surface area (Å²) in [6.07, 6.45) is 1.19. The van der Waals surface area contributed by atoms with Gasteiger partial charge in [-0.2, -0.15) is 0 Å². The van der Waals surface area contributed by atoms with Crippen molar-refractivity contribution >= 4 is 23.5 Å². The molecule has 0 aliphatic carbocycles. The molecule has 4 rings (SSSR count). The number of imide groups is 1. The SMILES string of the molecule is CCC1(c2ccccc2)NC(=O)N(CC(=O)N2CCC(C)c3cccc(OC)c32)C1=O. The summed E-state index contributed by atoms with van der Waals surface area (Å²) in [7, 11) is 1.57. The molecular weight excluding hydrogens is 394 g/mol. The minimum absolute atomic E-state index is 0.289. The lowest BCUT2D eigenvalue weighted by molar-refractivity contribution is -0.134. The number of ether oxygens (including phenoxy) is 1. The Hall–Kier alpha value is -3.35. The van der Waals surface area contributed by atoms with Crippen LogP contribution in [0, 0.1) is 0 Å². The molecule has 2 aromatic rings. The van der Waals surface area contributed by atoms with E-state index >= 15 is 0 Å². The normalized spacial score (nSPS) is 22.9. The third-order valence-electron chi connectivity index (χ3n) is 6.40. The van der Waals surface area contributed by atoms with Gasteiger partial charge in [-0.05, 0) is 36.0 Å². The molecule has 2 heterocycles. The summed E-state index contributed by atoms with van der Waals surface area (Å²) >= 11 is 0. The summed E-state index contributed by atoms with van der Waals surface area (Å²) in [5.41, 5.74) is 1.32. The molecule has 1 saturated heterocycles. The van der Waals surface area contributed by atoms with E-state index in [2.05, 4.69) is 12.2 Å². The number of para-hydroxylation sites is 1. The molecule has 162 valence electrons. The molecule has 0 radical (unpaired) electrons. The van der Waals surface area contributed by atoms with Crippen LogP contribution in [0.1, 0.15) is 43.7 Å². The number of nitrogens with zero attached hydrogens (tertiary/aromatic N) is 2. The zero-order valence-corrected chi connectivity index (χ0v) is 18.1. The fraction of sp³-hybridized carbons (Fsp3) is 0.375. The predicted octanol–water partition coefficient (Wildman–Crippen LogP) is 3.39. The van der Waals surface area contributed by atoms with Gasteiger partial charge < -0.3 is 15.0 Å². The van der Waals surface area contributed by atoms with Crippen molar-refractivity contribution in [3.63, 3.8) is 0 Å². The molecule has 2 aliphatic rings. The Bertz CT molecular complexity index is 1020. The molecule has 0 aromatic heterocycles. The summed E-state index contributed by atoms with van der Waals surface area (Å²) in [5, 5.41) is 2.83. The highest BCUT2D eigenvalue weighted by Gasteiger charge is 2.52. The molecule has 31 heavy (non-hydrogen) atoms. The number of carbonyl (C=O) groups is 3. The van der Waals surface area contributed by atoms with Gasteiger partial charge in [0.05, 0.1) is 12.8 Å². The van der Waals surface area contributed by atoms with Gasteiger partial charge in [0.25, 0.3) is 5.91 Å². The van der Waals surface area contributed by atoms with Crippen LogP contribution in [-0.2, 0) is 15.1 Å². The Morgan fingerprint density at radius 3 is 2.58 bits per heavy atom. The van der Waals surface area contributed by atoms with Gasteiger partial charge in [0, 0.05) is 6.54 Å². The maximum Gasteiger partial charge on any atom is 0.325 e. The van der Waals surface area contributed by atoms with Crippen molar-refractivity contribution in [2.75, 3.05) is 25.1 Å². The Morgan fingerprint density at radius 1 is 1.16 bits per heavy atom. The number of nitrogens with one attached hydrogen (secondary N) is 1. The van der Waals surface area contributed by atoms with E-state index in [1.165, 1.54) is 0 Å². The van der Waals surface area contributed by atoms with E-state index in [0.29, 0.717) is 24.3 Å². The molecule has 1 N–H and O–H groups in total. The van der Waals surface area contributed by atoms with Crippen molar-refractivity contribution in [2.45, 2.75) is 38.1 Å². The largest absolute Gasteiger partial charge is 0.495 e. The van der Waals surface area contributed by atoms with Gasteiger partial charge in [-0.15, -0.1) is 0 Å². The molecule has 2 aliphatic heterocycles. The van der Waals surface area contributed by atoms with Crippen molar-refractivity contribution in [1.29, 1.82) is 0 Å². The quantitative estimate of drug-likeness (QED) is 0.751. The molecule has 7 heteroatoms. The Kier molecular flexibility index (Phi) is 5.43. The summed E-state index contributed by atoms with van der Waals surface area (Å²) in [6, 6.07) is 14.3. The van der Waals surface area contributed by atoms with E-state index in [-0.39, 0.29) is 18.4 Å². The van der Waals surface area contributed by atoms with Crippen LogP contribution in [0.4, 0.5) is 10.5 Å². The van der Waals surface area contributed by atoms with Crippen LogP contribution in [0.25, 0.3) is 0 Å². The third kappa shape index (κ3) is 3.34. The van der Waals surface area contributed by atoms with Crippen LogP contribution in [-0.4, -0.2) is 42.9 Å². The summed E-state index contributed by atoms with van der Waals surface area (Å²) in [6.45, 7) is 4.16. The maximum absolute atomic E-state index is 13.4. The van der Waals surface area contributed by atoms with E-state index in [4.69, 9.17) is 4.74 Å². The number of hydrogen-bond acceptors (Lipinski definition) is 4. The number of amides is 4. The van der Waals surface area contributed by atoms with E-state index in [1.807, 2.05) is 55.5 Å². The lowest BCUT2D eigenvalue weighted by atomic mass is 9.87. The number of benzene rings is 2. The predicted molar refractivity (Wildman–Crippen MR) is 117 cm³/mol. The second kappa shape index (κ2) is 8.06. The number of rotatable bonds is 5. The van der Waals surface area contributed by atoms with E-state index in [1.54, 1.807) is 12.0 Å². The first-order valence-electron chi connectivity index (χ1n) is 10.6. The van der Waals surface area contributed by atoms with Crippen molar-refractivity contribution in [3.8, 4) is 5.75 Å². The molecule has 1 fully saturated rings. The molecule has 4 amide bonds. The van der Waals surface area contributed by atoms with Crippen molar-refractivity contribution in [1.82, 2.24) is 10.2 Å². The highest BCUT2D eigenvalue weighted by molar-refractivity contribution is 6.11. The standard InChI is InChI=1S/C24H27N3O4/c1-4-24(17-9-6-5-7-10-17)22(29)27(23(30)25-24)15-20(28)26-14-13-16(2)18-11-8-12-19(31-3)21(18)26/h5-12,16H,4,13-15H2,1-3H3,(H,25,30). The second-order valence-corrected chi connectivity index (χ2v) is 8.08. The van der Waals surface area contributed by atoms with Gasteiger partial charge in [-0.3, -0.25) is 14.5 Å². The van der Waals surface area contributed by atoms with Crippen LogP contribution in [0.15, 0.2) is 48.5 Å². The molecule has 2 aromatic carbocycles. The smallest absolute Gasteiger partial charge is 0.325 e. The minimum Gasteiger partial charge on any atom is -0.495 e. The molecule has 0 saturated carbocycles. The molecule has 0 spiro atoms. The van der Waals surface area contributed by atoms with Gasteiger partial charge in [0.15, 0.2) is 0 Å². The lowest BCUT2D eigenvalue weighted by Crippen LogP contribution is -2.46. The fourth-order valence-electron chi connectivity index (χ4n) is 4.58. The third-order valence-corrected chi connectivity index (χ3v) is 6.40. The van der Waals surface area contributed by atoms with Gasteiger partial charge in [-0.1, -0.05) is 56.3 Å². The zero-order chi connectivity index (χ0) is 22.2. The van der Waals surface area contributed by atoms with E-state index in [0.717, 1.165) is 22.6 Å². The van der Waals surface area contributed by atoms with Crippen LogP contribution >= 0.6 is 0 Å². The lowest BCUT2D eigenvalue weighted by Gasteiger charge is -2.34. The average molecular weight is 421 g/mol. The number of urea groups is 1. The summed E-state index contributed by atoms with van der Waals surface area (Å²) < 4.78 is 5.51. The first-order valence-corrected chi connectivity index (χ1v) is 10.6. The molecule has 0 bridgehead atoms. The monoisotopic (exact) mass is 421 g/mol. The van der Waals surface area contributed by atoms with Gasteiger partial charge in [0.2, 0.25) is 5.91 Å². The number of hydrogen-bond donors (Lipinski definition) is 1. The van der Waals surface area contributed by atoms with E-state index < -0.39 is 17.5 Å². The first kappa shape index (κ1) is 20.9. The van der Waals surface area contributed by atoms with E-state index in [9.17, 15) is 14.4 Å². The zero-order valence-electron chi connectivity index (χ0n) is 18.1. The van der Waals surface area contributed by atoms with Gasteiger partial charge in [-0.25, -0.2) is 4.79 Å². The molecule has 2 atom stereocenters. The maximum atomic E-state index is 13.4. The van der Waals surface area contributed by atoms with Crippen LogP contribution in [0.2, 0.25) is 0 Å². The number of fused-ring (bicyclic) bond motifs is 1. The average Bonchev–Trinajstić information content (AvgIpc) is 3.04. The Labute approximate surface area is 182 Å². The number of methoxy groups -OCH3 is 1. The van der Waals surface area contributed by atoms with Crippen molar-refractivity contribution in [3.05, 3.63) is 59.7 Å². The molecular formula is C24H27N3O4. The van der Waals surface area contributed by atoms with Crippen LogP contribution < -0.4 is 15.0 Å². The summed E-state index contributed by atoms with van der Waals surface area (Å²) in [4.78, 5) is 42.1. The number of carbonyl (C=O) groups excluding carboxylic acids is 3. The summed E-state index contributed by atoms with van der Waals surface area (Å²) in [5.74, 6) is 0.199. The highest BCUT2D eigenvalue weighted by atomic mass is 16.5. The highest BCUT2D eigenvalue weighted by Crippen LogP contribution is 2.41. The van der Waals surface area contributed by atoms with Gasteiger partial charge >= 0.3 is 6.03 Å². The van der Waals surface area contributed by atoms with Crippen molar-refractivity contribution in [2.24, 2.45) is 0 Å². The fourth-order valence-corrected chi connectivity index (χ4v) is 4.58. The van der Waals surface area contributed by atoms with Gasteiger partial charge in [0.1, 0.15) is 17.8 Å². The first-order chi connectivity index (χ1) is 14.9. The van der Waals surface area contributed by atoms with Crippen LogP contribution in [0.3, 0.4) is 0 Å². The number of anilines is 1. The molecule has 2 unspecified atom stereocenters. The second-order valence-electron chi connectivity index (χ2n) is 8.08.